The van der Waals surface area contributed by atoms with E-state index in [1.807, 2.05) is 42.5 Å². The van der Waals surface area contributed by atoms with Crippen molar-refractivity contribution in [3.63, 3.8) is 0 Å². The van der Waals surface area contributed by atoms with Crippen LogP contribution < -0.4 is 15.8 Å². The number of nitrogens with two attached hydrogens (primary N) is 1. The van der Waals surface area contributed by atoms with Crippen molar-refractivity contribution in [3.8, 4) is 11.5 Å². The Kier molecular flexibility index (Phi) is 6.62. The average Bonchev–Trinajstić information content (AvgIpc) is 2.53. The molecular formula is C18H24N2O. The highest BCUT2D eigenvalue weighted by Crippen LogP contribution is 2.22. The van der Waals surface area contributed by atoms with E-state index in [2.05, 4.69) is 17.4 Å². The van der Waals surface area contributed by atoms with Crippen LogP contribution in [0.1, 0.15) is 25.7 Å². The second-order valence-electron chi connectivity index (χ2n) is 5.07. The number of unbranched alkanes of at least 4 members (excludes halogenated alkanes) is 3. The fraction of sp³-hybridized carbons (Fsp3) is 0.333. The smallest absolute Gasteiger partial charge is 0.127 e. The Labute approximate surface area is 127 Å². The van der Waals surface area contributed by atoms with Crippen molar-refractivity contribution < 1.29 is 4.74 Å². The normalized spacial score (nSPS) is 10.3. The zero-order valence-electron chi connectivity index (χ0n) is 12.4. The molecule has 0 saturated carbocycles. The fourth-order valence-corrected chi connectivity index (χ4v) is 2.12. The molecule has 2 rings (SSSR count). The summed E-state index contributed by atoms with van der Waals surface area (Å²) >= 11 is 0. The summed E-state index contributed by atoms with van der Waals surface area (Å²) in [6, 6.07) is 17.9. The third-order valence-corrected chi connectivity index (χ3v) is 3.29. The number of anilines is 1. The van der Waals surface area contributed by atoms with E-state index >= 15 is 0 Å². The number of hydrogen-bond acceptors (Lipinski definition) is 3. The van der Waals surface area contributed by atoms with E-state index in [4.69, 9.17) is 10.5 Å². The van der Waals surface area contributed by atoms with Gasteiger partial charge in [-0.15, -0.1) is 0 Å². The highest BCUT2D eigenvalue weighted by molar-refractivity contribution is 5.47. The molecule has 0 aromatic heterocycles. The van der Waals surface area contributed by atoms with Gasteiger partial charge in [-0.3, -0.25) is 0 Å². The summed E-state index contributed by atoms with van der Waals surface area (Å²) in [7, 11) is 0. The van der Waals surface area contributed by atoms with Gasteiger partial charge in [0.1, 0.15) is 11.5 Å². The van der Waals surface area contributed by atoms with Gasteiger partial charge in [0.2, 0.25) is 0 Å². The van der Waals surface area contributed by atoms with Gasteiger partial charge >= 0.3 is 0 Å². The van der Waals surface area contributed by atoms with Gasteiger partial charge < -0.3 is 15.8 Å². The molecule has 2 aromatic rings. The van der Waals surface area contributed by atoms with E-state index in [1.165, 1.54) is 19.3 Å². The van der Waals surface area contributed by atoms with E-state index in [0.717, 1.165) is 36.7 Å². The molecule has 0 amide bonds. The number of para-hydroxylation sites is 1. The quantitative estimate of drug-likeness (QED) is 0.670. The van der Waals surface area contributed by atoms with E-state index in [-0.39, 0.29) is 0 Å². The summed E-state index contributed by atoms with van der Waals surface area (Å²) in [5.74, 6) is 1.72. The van der Waals surface area contributed by atoms with E-state index in [9.17, 15) is 0 Å². The Morgan fingerprint density at radius 1 is 0.762 bits per heavy atom. The van der Waals surface area contributed by atoms with Gasteiger partial charge in [0.05, 0.1) is 0 Å². The van der Waals surface area contributed by atoms with Crippen molar-refractivity contribution in [3.05, 3.63) is 54.6 Å². The van der Waals surface area contributed by atoms with Gasteiger partial charge in [-0.25, -0.2) is 0 Å². The van der Waals surface area contributed by atoms with Crippen LogP contribution in [0.5, 0.6) is 11.5 Å². The van der Waals surface area contributed by atoms with Gasteiger partial charge in [-0.2, -0.15) is 0 Å². The third-order valence-electron chi connectivity index (χ3n) is 3.29. The molecule has 0 atom stereocenters. The third kappa shape index (κ3) is 5.88. The molecule has 3 N–H and O–H groups in total. The molecule has 0 aliphatic rings. The zero-order valence-corrected chi connectivity index (χ0v) is 12.4. The van der Waals surface area contributed by atoms with E-state index in [1.54, 1.807) is 0 Å². The topological polar surface area (TPSA) is 47.3 Å². The molecule has 21 heavy (non-hydrogen) atoms. The Morgan fingerprint density at radius 2 is 1.43 bits per heavy atom. The van der Waals surface area contributed by atoms with Crippen molar-refractivity contribution in [2.24, 2.45) is 5.73 Å². The minimum Gasteiger partial charge on any atom is -0.457 e. The Morgan fingerprint density at radius 3 is 2.14 bits per heavy atom. The molecular weight excluding hydrogens is 260 g/mol. The molecule has 0 heterocycles. The molecule has 0 bridgehead atoms. The molecule has 3 heteroatoms. The first-order valence-electron chi connectivity index (χ1n) is 7.65. The van der Waals surface area contributed by atoms with Gasteiger partial charge in [-0.1, -0.05) is 31.0 Å². The molecule has 0 saturated heterocycles. The number of nitrogens with one attached hydrogen (secondary N) is 1. The van der Waals surface area contributed by atoms with E-state index in [0.29, 0.717) is 0 Å². The Bertz CT molecular complexity index is 496. The van der Waals surface area contributed by atoms with Crippen LogP contribution in [0.3, 0.4) is 0 Å². The summed E-state index contributed by atoms with van der Waals surface area (Å²) in [6.45, 7) is 1.81. The van der Waals surface area contributed by atoms with Crippen LogP contribution in [0.25, 0.3) is 0 Å². The maximum atomic E-state index is 5.76. The molecule has 0 fully saturated rings. The molecule has 0 spiro atoms. The lowest BCUT2D eigenvalue weighted by Crippen LogP contribution is -2.02. The maximum absolute atomic E-state index is 5.76. The molecule has 0 aliphatic carbocycles. The fourth-order valence-electron chi connectivity index (χ4n) is 2.12. The minimum absolute atomic E-state index is 0.802. The molecule has 0 aliphatic heterocycles. The molecule has 112 valence electrons. The van der Waals surface area contributed by atoms with E-state index < -0.39 is 0 Å². The second-order valence-corrected chi connectivity index (χ2v) is 5.07. The average molecular weight is 284 g/mol. The predicted molar refractivity (Wildman–Crippen MR) is 89.0 cm³/mol. The molecule has 2 aromatic carbocycles. The van der Waals surface area contributed by atoms with Crippen LogP contribution in [-0.4, -0.2) is 13.1 Å². The monoisotopic (exact) mass is 284 g/mol. The van der Waals surface area contributed by atoms with Crippen LogP contribution in [0, 0.1) is 0 Å². The van der Waals surface area contributed by atoms with Crippen LogP contribution in [-0.2, 0) is 0 Å². The highest BCUT2D eigenvalue weighted by atomic mass is 16.5. The van der Waals surface area contributed by atoms with Crippen LogP contribution >= 0.6 is 0 Å². The van der Waals surface area contributed by atoms with Crippen molar-refractivity contribution in [1.29, 1.82) is 0 Å². The summed E-state index contributed by atoms with van der Waals surface area (Å²) < 4.78 is 5.76. The van der Waals surface area contributed by atoms with Crippen molar-refractivity contribution in [2.45, 2.75) is 25.7 Å². The van der Waals surface area contributed by atoms with Gasteiger partial charge in [-0.05, 0) is 55.8 Å². The van der Waals surface area contributed by atoms with Gasteiger partial charge in [0.25, 0.3) is 0 Å². The summed E-state index contributed by atoms with van der Waals surface area (Å²) in [4.78, 5) is 0. The Hall–Kier alpha value is -2.00. The standard InChI is InChI=1S/C18H24N2O/c19-14-6-1-2-7-15-20-16-10-12-18(13-11-16)21-17-8-4-3-5-9-17/h3-5,8-13,20H,1-2,6-7,14-15,19H2. The molecule has 0 radical (unpaired) electrons. The number of hydrogen-bond donors (Lipinski definition) is 2. The van der Waals surface area contributed by atoms with Gasteiger partial charge in [0.15, 0.2) is 0 Å². The lowest BCUT2D eigenvalue weighted by Gasteiger charge is -2.08. The lowest BCUT2D eigenvalue weighted by molar-refractivity contribution is 0.483. The zero-order chi connectivity index (χ0) is 14.8. The Balaban J connectivity index is 1.72. The number of rotatable bonds is 9. The highest BCUT2D eigenvalue weighted by Gasteiger charge is 1.97. The summed E-state index contributed by atoms with van der Waals surface area (Å²) in [5.41, 5.74) is 6.61. The first kappa shape index (κ1) is 15.4. The van der Waals surface area contributed by atoms with Crippen LogP contribution in [0.2, 0.25) is 0 Å². The first-order valence-corrected chi connectivity index (χ1v) is 7.65. The van der Waals surface area contributed by atoms with Crippen molar-refractivity contribution in [2.75, 3.05) is 18.4 Å². The largest absolute Gasteiger partial charge is 0.457 e. The van der Waals surface area contributed by atoms with Crippen molar-refractivity contribution in [1.82, 2.24) is 0 Å². The molecule has 3 nitrogen and oxygen atoms in total. The minimum atomic E-state index is 0.802. The maximum Gasteiger partial charge on any atom is 0.127 e. The summed E-state index contributed by atoms with van der Waals surface area (Å²) in [6.07, 6.45) is 4.77. The predicted octanol–water partition coefficient (Wildman–Crippen LogP) is 4.41. The van der Waals surface area contributed by atoms with Gasteiger partial charge in [0, 0.05) is 12.2 Å². The number of ether oxygens (including phenoxy) is 1. The number of benzene rings is 2. The first-order chi connectivity index (χ1) is 10.4. The van der Waals surface area contributed by atoms with Crippen LogP contribution in [0.4, 0.5) is 5.69 Å². The van der Waals surface area contributed by atoms with Crippen LogP contribution in [0.15, 0.2) is 54.6 Å². The molecule has 0 unspecified atom stereocenters. The second kappa shape index (κ2) is 9.03. The summed E-state index contributed by atoms with van der Waals surface area (Å²) in [5, 5.41) is 3.43. The van der Waals surface area contributed by atoms with Crippen molar-refractivity contribution >= 4 is 5.69 Å². The SMILES string of the molecule is NCCCCCCNc1ccc(Oc2ccccc2)cc1. The lowest BCUT2D eigenvalue weighted by atomic mass is 10.2.